The molecule has 23 heavy (non-hydrogen) atoms. The first kappa shape index (κ1) is 14.2. The van der Waals surface area contributed by atoms with E-state index >= 15 is 0 Å². The summed E-state index contributed by atoms with van der Waals surface area (Å²) in [5.41, 5.74) is 3.03. The number of aromatic nitrogens is 1. The zero-order chi connectivity index (χ0) is 15.8. The topological polar surface area (TPSA) is 25.2 Å². The van der Waals surface area contributed by atoms with Crippen molar-refractivity contribution in [2.75, 3.05) is 20.1 Å². The van der Waals surface area contributed by atoms with Gasteiger partial charge in [0, 0.05) is 23.7 Å². The molecule has 2 heterocycles. The van der Waals surface area contributed by atoms with Crippen molar-refractivity contribution >= 4 is 16.8 Å². The van der Waals surface area contributed by atoms with Gasteiger partial charge in [-0.2, -0.15) is 0 Å². The van der Waals surface area contributed by atoms with Gasteiger partial charge in [-0.1, -0.05) is 36.4 Å². The van der Waals surface area contributed by atoms with Gasteiger partial charge in [-0.3, -0.25) is 9.36 Å². The van der Waals surface area contributed by atoms with Crippen LogP contribution in [0.2, 0.25) is 0 Å². The van der Waals surface area contributed by atoms with Crippen molar-refractivity contribution in [1.82, 2.24) is 9.47 Å². The molecule has 3 heteroatoms. The van der Waals surface area contributed by atoms with Crippen LogP contribution in [0.25, 0.3) is 10.9 Å². The van der Waals surface area contributed by atoms with Gasteiger partial charge in [0.25, 0.3) is 5.91 Å². The summed E-state index contributed by atoms with van der Waals surface area (Å²) in [6.07, 6.45) is 3.22. The van der Waals surface area contributed by atoms with E-state index < -0.39 is 0 Å². The zero-order valence-electron chi connectivity index (χ0n) is 13.3. The van der Waals surface area contributed by atoms with Crippen LogP contribution in [0.15, 0.2) is 60.8 Å². The molecule has 0 radical (unpaired) electrons. The first-order chi connectivity index (χ1) is 11.2. The molecule has 0 bridgehead atoms. The number of carbonyl (C=O) groups is 1. The van der Waals surface area contributed by atoms with Crippen molar-refractivity contribution < 1.29 is 4.79 Å². The minimum atomic E-state index is 0.0411. The molecule has 116 valence electrons. The minimum Gasteiger partial charge on any atom is -0.306 e. The molecular weight excluding hydrogens is 284 g/mol. The number of fused-ring (bicyclic) bond motifs is 1. The van der Waals surface area contributed by atoms with Crippen LogP contribution in [0.4, 0.5) is 0 Å². The molecular formula is C20H20N2O. The van der Waals surface area contributed by atoms with Crippen molar-refractivity contribution in [2.45, 2.75) is 12.3 Å². The largest absolute Gasteiger partial charge is 0.306 e. The van der Waals surface area contributed by atoms with E-state index in [0.29, 0.717) is 5.92 Å². The van der Waals surface area contributed by atoms with Gasteiger partial charge >= 0.3 is 0 Å². The predicted octanol–water partition coefficient (Wildman–Crippen LogP) is 3.75. The van der Waals surface area contributed by atoms with Crippen LogP contribution >= 0.6 is 0 Å². The maximum atomic E-state index is 12.9. The molecule has 2 aromatic carbocycles. The summed E-state index contributed by atoms with van der Waals surface area (Å²) in [6.45, 7) is 2.18. The number of likely N-dealkylation sites (N-methyl/N-ethyl adjacent to an activating group) is 1. The summed E-state index contributed by atoms with van der Waals surface area (Å²) in [7, 11) is 2.16. The molecule has 4 rings (SSSR count). The Kier molecular flexibility index (Phi) is 3.50. The second-order valence-electron chi connectivity index (χ2n) is 6.39. The lowest BCUT2D eigenvalue weighted by Gasteiger charge is -2.09. The molecule has 1 fully saturated rings. The quantitative estimate of drug-likeness (QED) is 0.720. The van der Waals surface area contributed by atoms with Crippen LogP contribution in [0, 0.1) is 0 Å². The molecule has 1 atom stereocenters. The third kappa shape index (κ3) is 2.47. The van der Waals surface area contributed by atoms with Gasteiger partial charge in [-0.05, 0) is 49.7 Å². The monoisotopic (exact) mass is 304 g/mol. The Hall–Kier alpha value is -2.39. The van der Waals surface area contributed by atoms with E-state index in [1.165, 1.54) is 10.9 Å². The molecule has 0 saturated carbocycles. The normalized spacial score (nSPS) is 18.6. The SMILES string of the molecule is CN1CC[C@H](c2cn(C(=O)c3ccccc3)c3ccccc23)C1. The summed E-state index contributed by atoms with van der Waals surface area (Å²) in [4.78, 5) is 15.3. The average Bonchev–Trinajstić information content (AvgIpc) is 3.19. The van der Waals surface area contributed by atoms with Crippen LogP contribution in [0.1, 0.15) is 28.3 Å². The van der Waals surface area contributed by atoms with Crippen LogP contribution in [-0.4, -0.2) is 35.5 Å². The van der Waals surface area contributed by atoms with E-state index in [2.05, 4.69) is 30.3 Å². The van der Waals surface area contributed by atoms with Gasteiger partial charge in [0.1, 0.15) is 0 Å². The number of para-hydroxylation sites is 1. The lowest BCUT2D eigenvalue weighted by molar-refractivity contribution is 0.0965. The Balaban J connectivity index is 1.83. The fourth-order valence-electron chi connectivity index (χ4n) is 3.61. The van der Waals surface area contributed by atoms with Crippen molar-refractivity contribution in [2.24, 2.45) is 0 Å². The van der Waals surface area contributed by atoms with Gasteiger partial charge in [-0.15, -0.1) is 0 Å². The standard InChI is InChI=1S/C20H20N2O/c1-21-12-11-16(13-21)18-14-22(19-10-6-5-9-17(18)19)20(23)15-7-3-2-4-8-15/h2-10,14,16H,11-13H2,1H3/t16-/m0/s1. The fraction of sp³-hybridized carbons (Fsp3) is 0.250. The summed E-state index contributed by atoms with van der Waals surface area (Å²) in [5, 5.41) is 1.21. The van der Waals surface area contributed by atoms with E-state index in [1.807, 2.05) is 47.0 Å². The summed E-state index contributed by atoms with van der Waals surface area (Å²) in [5.74, 6) is 0.550. The molecule has 1 aliphatic heterocycles. The van der Waals surface area contributed by atoms with Gasteiger partial charge in [0.15, 0.2) is 0 Å². The number of hydrogen-bond acceptors (Lipinski definition) is 2. The molecule has 1 aromatic heterocycles. The molecule has 1 saturated heterocycles. The molecule has 0 spiro atoms. The maximum absolute atomic E-state index is 12.9. The van der Waals surface area contributed by atoms with Crippen molar-refractivity contribution in [1.29, 1.82) is 0 Å². The number of benzene rings is 2. The molecule has 3 aromatic rings. The first-order valence-electron chi connectivity index (χ1n) is 8.12. The smallest absolute Gasteiger partial charge is 0.262 e. The highest BCUT2D eigenvalue weighted by molar-refractivity contribution is 6.03. The van der Waals surface area contributed by atoms with Crippen LogP contribution in [0.5, 0.6) is 0 Å². The number of likely N-dealkylation sites (tertiary alicyclic amines) is 1. The second kappa shape index (κ2) is 5.67. The number of nitrogens with zero attached hydrogens (tertiary/aromatic N) is 2. The minimum absolute atomic E-state index is 0.0411. The van der Waals surface area contributed by atoms with E-state index in [-0.39, 0.29) is 5.91 Å². The van der Waals surface area contributed by atoms with Gasteiger partial charge in [-0.25, -0.2) is 0 Å². The number of rotatable bonds is 2. The van der Waals surface area contributed by atoms with Crippen molar-refractivity contribution in [3.63, 3.8) is 0 Å². The van der Waals surface area contributed by atoms with E-state index in [9.17, 15) is 4.79 Å². The summed E-state index contributed by atoms with van der Waals surface area (Å²) >= 11 is 0. The van der Waals surface area contributed by atoms with Crippen LogP contribution in [0.3, 0.4) is 0 Å². The van der Waals surface area contributed by atoms with E-state index in [1.54, 1.807) is 0 Å². The Morgan fingerprint density at radius 3 is 2.52 bits per heavy atom. The Morgan fingerprint density at radius 2 is 1.78 bits per heavy atom. The highest BCUT2D eigenvalue weighted by atomic mass is 16.2. The van der Waals surface area contributed by atoms with E-state index in [0.717, 1.165) is 30.6 Å². The first-order valence-corrected chi connectivity index (χ1v) is 8.12. The third-order valence-electron chi connectivity index (χ3n) is 4.81. The van der Waals surface area contributed by atoms with Gasteiger partial charge in [0.05, 0.1) is 5.52 Å². The summed E-state index contributed by atoms with van der Waals surface area (Å²) < 4.78 is 1.82. The van der Waals surface area contributed by atoms with Crippen LogP contribution in [-0.2, 0) is 0 Å². The molecule has 1 aliphatic rings. The van der Waals surface area contributed by atoms with Crippen molar-refractivity contribution in [3.05, 3.63) is 71.9 Å². The van der Waals surface area contributed by atoms with Crippen molar-refractivity contribution in [3.8, 4) is 0 Å². The highest BCUT2D eigenvalue weighted by Gasteiger charge is 2.25. The maximum Gasteiger partial charge on any atom is 0.262 e. The van der Waals surface area contributed by atoms with E-state index in [4.69, 9.17) is 0 Å². The Morgan fingerprint density at radius 1 is 1.04 bits per heavy atom. The average molecular weight is 304 g/mol. The second-order valence-corrected chi connectivity index (χ2v) is 6.39. The molecule has 0 unspecified atom stereocenters. The highest BCUT2D eigenvalue weighted by Crippen LogP contribution is 2.33. The van der Waals surface area contributed by atoms with Crippen LogP contribution < -0.4 is 0 Å². The Labute approximate surface area is 136 Å². The lowest BCUT2D eigenvalue weighted by atomic mass is 9.98. The van der Waals surface area contributed by atoms with Gasteiger partial charge in [0.2, 0.25) is 0 Å². The van der Waals surface area contributed by atoms with Gasteiger partial charge < -0.3 is 4.90 Å². The molecule has 0 aliphatic carbocycles. The molecule has 3 nitrogen and oxygen atoms in total. The predicted molar refractivity (Wildman–Crippen MR) is 93.0 cm³/mol. The number of hydrogen-bond donors (Lipinski definition) is 0. The molecule has 0 amide bonds. The Bertz CT molecular complexity index is 850. The third-order valence-corrected chi connectivity index (χ3v) is 4.81. The zero-order valence-corrected chi connectivity index (χ0v) is 13.3. The molecule has 0 N–H and O–H groups in total. The lowest BCUT2D eigenvalue weighted by Crippen LogP contribution is -2.13. The number of carbonyl (C=O) groups excluding carboxylic acids is 1. The fourth-order valence-corrected chi connectivity index (χ4v) is 3.61. The summed E-state index contributed by atoms with van der Waals surface area (Å²) in [6, 6.07) is 17.7.